The highest BCUT2D eigenvalue weighted by Gasteiger charge is 2.26. The van der Waals surface area contributed by atoms with Crippen molar-refractivity contribution in [1.29, 1.82) is 0 Å². The van der Waals surface area contributed by atoms with Crippen molar-refractivity contribution < 1.29 is 24.2 Å². The Labute approximate surface area is 105 Å². The van der Waals surface area contributed by atoms with Gasteiger partial charge in [-0.3, -0.25) is 0 Å². The van der Waals surface area contributed by atoms with Crippen LogP contribution in [-0.2, 0) is 20.9 Å². The third-order valence-electron chi connectivity index (χ3n) is 2.27. The molecular formula is C13H16O5. The molecule has 5 heteroatoms. The van der Waals surface area contributed by atoms with Gasteiger partial charge in [-0.1, -0.05) is 44.2 Å². The average Bonchev–Trinajstić information content (AvgIpc) is 2.34. The summed E-state index contributed by atoms with van der Waals surface area (Å²) >= 11 is 0. The van der Waals surface area contributed by atoms with Crippen LogP contribution in [0.15, 0.2) is 30.3 Å². The molecule has 1 atom stereocenters. The normalized spacial score (nSPS) is 11.9. The molecule has 5 nitrogen and oxygen atoms in total. The van der Waals surface area contributed by atoms with Crippen molar-refractivity contribution in [2.24, 2.45) is 5.92 Å². The molecule has 18 heavy (non-hydrogen) atoms. The number of ether oxygens (including phenoxy) is 2. The number of hydrogen-bond acceptors (Lipinski definition) is 4. The molecule has 0 bridgehead atoms. The van der Waals surface area contributed by atoms with Gasteiger partial charge in [0.15, 0.2) is 0 Å². The van der Waals surface area contributed by atoms with E-state index in [-0.39, 0.29) is 12.5 Å². The van der Waals surface area contributed by atoms with Crippen molar-refractivity contribution >= 4 is 12.1 Å². The quantitative estimate of drug-likeness (QED) is 0.815. The van der Waals surface area contributed by atoms with E-state index in [1.165, 1.54) is 0 Å². The van der Waals surface area contributed by atoms with Gasteiger partial charge in [-0.15, -0.1) is 0 Å². The third-order valence-corrected chi connectivity index (χ3v) is 2.27. The first-order chi connectivity index (χ1) is 8.50. The van der Waals surface area contributed by atoms with Crippen LogP contribution < -0.4 is 0 Å². The van der Waals surface area contributed by atoms with Crippen LogP contribution in [0.25, 0.3) is 0 Å². The van der Waals surface area contributed by atoms with Gasteiger partial charge in [0.05, 0.1) is 0 Å². The monoisotopic (exact) mass is 252 g/mol. The van der Waals surface area contributed by atoms with Crippen molar-refractivity contribution in [3.63, 3.8) is 0 Å². The first-order valence-electron chi connectivity index (χ1n) is 5.61. The third kappa shape index (κ3) is 4.45. The minimum atomic E-state index is -1.19. The lowest BCUT2D eigenvalue weighted by Gasteiger charge is -2.16. The van der Waals surface area contributed by atoms with Gasteiger partial charge in [0, 0.05) is 5.92 Å². The number of rotatable bonds is 5. The molecule has 0 aliphatic heterocycles. The summed E-state index contributed by atoms with van der Waals surface area (Å²) in [6.45, 7) is 3.37. The maximum Gasteiger partial charge on any atom is 0.509 e. The summed E-state index contributed by atoms with van der Waals surface area (Å²) < 4.78 is 9.57. The molecule has 98 valence electrons. The molecule has 0 radical (unpaired) electrons. The van der Waals surface area contributed by atoms with Crippen LogP contribution in [0, 0.1) is 5.92 Å². The van der Waals surface area contributed by atoms with Crippen LogP contribution in [0.4, 0.5) is 4.79 Å². The second-order valence-corrected chi connectivity index (χ2v) is 4.14. The van der Waals surface area contributed by atoms with Crippen LogP contribution in [-0.4, -0.2) is 23.3 Å². The zero-order chi connectivity index (χ0) is 13.5. The fourth-order valence-electron chi connectivity index (χ4n) is 1.33. The van der Waals surface area contributed by atoms with Gasteiger partial charge >= 0.3 is 12.1 Å². The number of carbonyl (C=O) groups excluding carboxylic acids is 1. The molecule has 0 aliphatic rings. The molecule has 0 aliphatic carbocycles. The van der Waals surface area contributed by atoms with E-state index in [0.29, 0.717) is 0 Å². The molecule has 1 aromatic carbocycles. The van der Waals surface area contributed by atoms with Crippen LogP contribution >= 0.6 is 0 Å². The van der Waals surface area contributed by atoms with Crippen LogP contribution in [0.2, 0.25) is 0 Å². The minimum absolute atomic E-state index is 0.0596. The van der Waals surface area contributed by atoms with E-state index in [0.717, 1.165) is 5.56 Å². The zero-order valence-electron chi connectivity index (χ0n) is 10.3. The lowest BCUT2D eigenvalue weighted by molar-refractivity contribution is -0.150. The van der Waals surface area contributed by atoms with Crippen molar-refractivity contribution in [1.82, 2.24) is 0 Å². The summed E-state index contributed by atoms with van der Waals surface area (Å²) in [5.74, 6) is -1.49. The number of hydrogen-bond donors (Lipinski definition) is 1. The summed E-state index contributed by atoms with van der Waals surface area (Å²) in [7, 11) is 0. The molecule has 0 aromatic heterocycles. The van der Waals surface area contributed by atoms with Crippen LogP contribution in [0.1, 0.15) is 19.4 Å². The van der Waals surface area contributed by atoms with Crippen molar-refractivity contribution in [2.45, 2.75) is 26.6 Å². The largest absolute Gasteiger partial charge is 0.509 e. The standard InChI is InChI=1S/C13H16O5/c1-9(2)11(12(14)15)18-13(16)17-8-10-6-4-3-5-7-10/h3-7,9,11H,8H2,1-2H3,(H,14,15)/t11-/m0/s1. The van der Waals surface area contributed by atoms with Crippen LogP contribution in [0.3, 0.4) is 0 Å². The highest BCUT2D eigenvalue weighted by molar-refractivity contribution is 5.75. The Kier molecular flexibility index (Phi) is 5.17. The van der Waals surface area contributed by atoms with E-state index >= 15 is 0 Å². The summed E-state index contributed by atoms with van der Waals surface area (Å²) in [6, 6.07) is 9.08. The number of aliphatic carboxylic acids is 1. The Bertz CT molecular complexity index is 399. The average molecular weight is 252 g/mol. The van der Waals surface area contributed by atoms with Gasteiger partial charge in [0.2, 0.25) is 6.10 Å². The molecule has 1 aromatic rings. The molecule has 0 saturated heterocycles. The summed E-state index contributed by atoms with van der Waals surface area (Å²) in [5, 5.41) is 8.85. The van der Waals surface area contributed by atoms with Crippen molar-refractivity contribution in [3.8, 4) is 0 Å². The molecule has 1 rings (SSSR count). The predicted octanol–water partition coefficient (Wildman–Crippen LogP) is 2.45. The van der Waals surface area contributed by atoms with Gasteiger partial charge in [-0.05, 0) is 5.56 Å². The molecule has 1 N–H and O–H groups in total. The lowest BCUT2D eigenvalue weighted by Crippen LogP contribution is -2.32. The molecule has 0 spiro atoms. The van der Waals surface area contributed by atoms with E-state index in [4.69, 9.17) is 14.6 Å². The molecular weight excluding hydrogens is 236 g/mol. The van der Waals surface area contributed by atoms with Gasteiger partial charge in [0.1, 0.15) is 6.61 Å². The van der Waals surface area contributed by atoms with Gasteiger partial charge in [0.25, 0.3) is 0 Å². The topological polar surface area (TPSA) is 72.8 Å². The van der Waals surface area contributed by atoms with Crippen molar-refractivity contribution in [3.05, 3.63) is 35.9 Å². The minimum Gasteiger partial charge on any atom is -0.478 e. The van der Waals surface area contributed by atoms with Gasteiger partial charge in [-0.2, -0.15) is 0 Å². The van der Waals surface area contributed by atoms with E-state index in [9.17, 15) is 9.59 Å². The van der Waals surface area contributed by atoms with Gasteiger partial charge < -0.3 is 14.6 Å². The van der Waals surface area contributed by atoms with E-state index in [1.807, 2.05) is 18.2 Å². The summed E-state index contributed by atoms with van der Waals surface area (Å²) in [6.07, 6.45) is -2.16. The van der Waals surface area contributed by atoms with Crippen molar-refractivity contribution in [2.75, 3.05) is 0 Å². The first kappa shape index (κ1) is 14.0. The Morgan fingerprint density at radius 3 is 2.33 bits per heavy atom. The van der Waals surface area contributed by atoms with Gasteiger partial charge in [-0.25, -0.2) is 9.59 Å². The van der Waals surface area contributed by atoms with E-state index in [2.05, 4.69) is 0 Å². The van der Waals surface area contributed by atoms with E-state index < -0.39 is 18.2 Å². The molecule has 0 unspecified atom stereocenters. The number of carboxylic acids is 1. The fraction of sp³-hybridized carbons (Fsp3) is 0.385. The predicted molar refractivity (Wildman–Crippen MR) is 64.0 cm³/mol. The number of benzene rings is 1. The second kappa shape index (κ2) is 6.64. The summed E-state index contributed by atoms with van der Waals surface area (Å²) in [5.41, 5.74) is 0.811. The molecule has 0 fully saturated rings. The number of carboxylic acid groups (broad SMARTS) is 1. The summed E-state index contributed by atoms with van der Waals surface area (Å²) in [4.78, 5) is 22.1. The molecule has 0 heterocycles. The maximum absolute atomic E-state index is 11.3. The Hall–Kier alpha value is -2.04. The smallest absolute Gasteiger partial charge is 0.478 e. The second-order valence-electron chi connectivity index (χ2n) is 4.14. The zero-order valence-corrected chi connectivity index (χ0v) is 10.3. The molecule has 0 amide bonds. The first-order valence-corrected chi connectivity index (χ1v) is 5.61. The van der Waals surface area contributed by atoms with E-state index in [1.54, 1.807) is 26.0 Å². The Balaban J connectivity index is 2.44. The number of carbonyl (C=O) groups is 2. The van der Waals surface area contributed by atoms with Crippen LogP contribution in [0.5, 0.6) is 0 Å². The highest BCUT2D eigenvalue weighted by atomic mass is 16.7. The maximum atomic E-state index is 11.3. The highest BCUT2D eigenvalue weighted by Crippen LogP contribution is 2.09. The Morgan fingerprint density at radius 1 is 1.22 bits per heavy atom. The lowest BCUT2D eigenvalue weighted by atomic mass is 10.1. The molecule has 0 saturated carbocycles. The SMILES string of the molecule is CC(C)[C@H](OC(=O)OCc1ccccc1)C(=O)O. The Morgan fingerprint density at radius 2 is 1.83 bits per heavy atom. The fourth-order valence-corrected chi connectivity index (χ4v) is 1.33.